The second-order valence-electron chi connectivity index (χ2n) is 7.87. The number of halogens is 2. The predicted octanol–water partition coefficient (Wildman–Crippen LogP) is 6.19. The maximum Gasteiger partial charge on any atom is 0.171 e. The second kappa shape index (κ2) is 6.97. The summed E-state index contributed by atoms with van der Waals surface area (Å²) in [5.41, 5.74) is 5.65. The largest absolute Gasteiger partial charge is 0.354 e. The van der Waals surface area contributed by atoms with Gasteiger partial charge in [0.15, 0.2) is 5.82 Å². The van der Waals surface area contributed by atoms with E-state index < -0.39 is 0 Å². The standard InChI is InChI=1S/C23H18Cl2N6/c1-12-28-30-31(29-12)8-2-3-15-22-18(16-9-13(24)4-6-20(16)26-22)11-19-17-10-14(25)5-7-21(17)27-23(15)19/h4-7,9-11,26-27H,2-3,8H2,1H3. The molecule has 0 radical (unpaired) electrons. The number of aromatic nitrogens is 6. The smallest absolute Gasteiger partial charge is 0.171 e. The first-order valence-corrected chi connectivity index (χ1v) is 10.9. The zero-order chi connectivity index (χ0) is 21.1. The SMILES string of the molecule is Cc1nnn(CCCc2c3[nH]c4ccc(Cl)cc4c3cc3c2[nH]c2ccc(Cl)cc23)n1. The van der Waals surface area contributed by atoms with Crippen molar-refractivity contribution < 1.29 is 0 Å². The van der Waals surface area contributed by atoms with E-state index in [9.17, 15) is 0 Å². The zero-order valence-corrected chi connectivity index (χ0v) is 18.2. The van der Waals surface area contributed by atoms with Crippen LogP contribution in [0.1, 0.15) is 17.8 Å². The van der Waals surface area contributed by atoms with Crippen molar-refractivity contribution in [1.82, 2.24) is 30.2 Å². The van der Waals surface area contributed by atoms with Gasteiger partial charge in [0.05, 0.1) is 17.6 Å². The van der Waals surface area contributed by atoms with Crippen LogP contribution in [0.2, 0.25) is 10.0 Å². The number of hydrogen-bond acceptors (Lipinski definition) is 3. The molecule has 2 N–H and O–H groups in total. The van der Waals surface area contributed by atoms with Crippen LogP contribution in [0.4, 0.5) is 0 Å². The first-order chi connectivity index (χ1) is 15.1. The molecule has 0 aliphatic carbocycles. The van der Waals surface area contributed by atoms with Crippen LogP contribution in [0, 0.1) is 6.92 Å². The van der Waals surface area contributed by atoms with Gasteiger partial charge in [-0.25, -0.2) is 0 Å². The third kappa shape index (κ3) is 3.06. The maximum atomic E-state index is 6.32. The Hall–Kier alpha value is -3.09. The predicted molar refractivity (Wildman–Crippen MR) is 126 cm³/mol. The molecule has 6 aromatic rings. The van der Waals surface area contributed by atoms with Gasteiger partial charge >= 0.3 is 0 Å². The molecule has 3 aromatic heterocycles. The summed E-state index contributed by atoms with van der Waals surface area (Å²) in [6.45, 7) is 2.55. The molecule has 0 fully saturated rings. The zero-order valence-electron chi connectivity index (χ0n) is 16.7. The van der Waals surface area contributed by atoms with E-state index in [0.717, 1.165) is 66.5 Å². The molecule has 3 aromatic carbocycles. The van der Waals surface area contributed by atoms with E-state index in [4.69, 9.17) is 23.2 Å². The summed E-state index contributed by atoms with van der Waals surface area (Å²) in [5.74, 6) is 0.685. The van der Waals surface area contributed by atoms with Gasteiger partial charge in [-0.1, -0.05) is 23.2 Å². The molecular weight excluding hydrogens is 431 g/mol. The summed E-state index contributed by atoms with van der Waals surface area (Å²) in [6, 6.07) is 14.2. The topological polar surface area (TPSA) is 75.2 Å². The van der Waals surface area contributed by atoms with Gasteiger partial charge in [-0.15, -0.1) is 10.2 Å². The average Bonchev–Trinajstić information content (AvgIpc) is 3.43. The van der Waals surface area contributed by atoms with Crippen molar-refractivity contribution in [2.75, 3.05) is 0 Å². The molecule has 154 valence electrons. The summed E-state index contributed by atoms with van der Waals surface area (Å²) in [7, 11) is 0. The Bertz CT molecular complexity index is 1510. The minimum absolute atomic E-state index is 0.685. The Morgan fingerprint density at radius 2 is 1.45 bits per heavy atom. The monoisotopic (exact) mass is 448 g/mol. The fraction of sp³-hybridized carbons (Fsp3) is 0.174. The Kier molecular flexibility index (Phi) is 4.20. The van der Waals surface area contributed by atoms with Crippen LogP contribution in [0.25, 0.3) is 43.6 Å². The van der Waals surface area contributed by atoms with E-state index in [-0.39, 0.29) is 0 Å². The van der Waals surface area contributed by atoms with Gasteiger partial charge in [-0.3, -0.25) is 0 Å². The third-order valence-corrected chi connectivity index (χ3v) is 6.30. The molecule has 8 heteroatoms. The highest BCUT2D eigenvalue weighted by molar-refractivity contribution is 6.33. The summed E-state index contributed by atoms with van der Waals surface area (Å²) < 4.78 is 0. The van der Waals surface area contributed by atoms with E-state index in [1.54, 1.807) is 4.80 Å². The van der Waals surface area contributed by atoms with Crippen molar-refractivity contribution in [3.05, 3.63) is 63.9 Å². The second-order valence-corrected chi connectivity index (χ2v) is 8.74. The first kappa shape index (κ1) is 18.7. The van der Waals surface area contributed by atoms with Crippen molar-refractivity contribution in [3.8, 4) is 0 Å². The van der Waals surface area contributed by atoms with Gasteiger partial charge in [-0.2, -0.15) is 4.80 Å². The molecule has 3 heterocycles. The molecule has 0 amide bonds. The summed E-state index contributed by atoms with van der Waals surface area (Å²) in [5, 5.41) is 18.4. The van der Waals surface area contributed by atoms with Crippen LogP contribution in [-0.4, -0.2) is 30.2 Å². The van der Waals surface area contributed by atoms with E-state index in [2.05, 4.69) is 31.4 Å². The van der Waals surface area contributed by atoms with Crippen LogP contribution in [0.3, 0.4) is 0 Å². The lowest BCUT2D eigenvalue weighted by atomic mass is 10.0. The molecule has 0 atom stereocenters. The van der Waals surface area contributed by atoms with Gasteiger partial charge in [0.1, 0.15) is 0 Å². The Balaban J connectivity index is 1.58. The van der Waals surface area contributed by atoms with Gasteiger partial charge in [-0.05, 0) is 67.4 Å². The number of H-pyrrole nitrogens is 2. The van der Waals surface area contributed by atoms with Gasteiger partial charge in [0.25, 0.3) is 0 Å². The molecule has 0 saturated heterocycles. The molecule has 0 aliphatic heterocycles. The minimum atomic E-state index is 0.685. The summed E-state index contributed by atoms with van der Waals surface area (Å²) in [4.78, 5) is 8.89. The van der Waals surface area contributed by atoms with Crippen LogP contribution < -0.4 is 0 Å². The Morgan fingerprint density at radius 3 is 2.00 bits per heavy atom. The molecule has 6 nitrogen and oxygen atoms in total. The molecule has 0 bridgehead atoms. The van der Waals surface area contributed by atoms with E-state index in [0.29, 0.717) is 12.4 Å². The van der Waals surface area contributed by atoms with E-state index in [1.807, 2.05) is 43.3 Å². The van der Waals surface area contributed by atoms with Crippen molar-refractivity contribution in [1.29, 1.82) is 0 Å². The number of fused-ring (bicyclic) bond motifs is 6. The lowest BCUT2D eigenvalue weighted by Gasteiger charge is -2.06. The van der Waals surface area contributed by atoms with Crippen molar-refractivity contribution >= 4 is 66.8 Å². The quantitative estimate of drug-likeness (QED) is 0.337. The first-order valence-electron chi connectivity index (χ1n) is 10.1. The number of nitrogens with zero attached hydrogens (tertiary/aromatic N) is 4. The number of benzene rings is 3. The number of tetrazole rings is 1. The normalized spacial score (nSPS) is 12.1. The van der Waals surface area contributed by atoms with Crippen molar-refractivity contribution in [2.24, 2.45) is 0 Å². The highest BCUT2D eigenvalue weighted by Crippen LogP contribution is 2.38. The fourth-order valence-corrected chi connectivity index (χ4v) is 4.82. The maximum absolute atomic E-state index is 6.32. The summed E-state index contributed by atoms with van der Waals surface area (Å²) in [6.07, 6.45) is 1.74. The fourth-order valence-electron chi connectivity index (χ4n) is 4.48. The van der Waals surface area contributed by atoms with Crippen LogP contribution in [-0.2, 0) is 13.0 Å². The molecule has 0 aliphatic rings. The molecule has 0 unspecified atom stereocenters. The van der Waals surface area contributed by atoms with Crippen molar-refractivity contribution in [2.45, 2.75) is 26.3 Å². The van der Waals surface area contributed by atoms with Crippen LogP contribution in [0.5, 0.6) is 0 Å². The molecule has 0 saturated carbocycles. The summed E-state index contributed by atoms with van der Waals surface area (Å²) >= 11 is 12.6. The number of nitrogens with one attached hydrogen (secondary N) is 2. The van der Waals surface area contributed by atoms with Crippen molar-refractivity contribution in [3.63, 3.8) is 0 Å². The molecule has 31 heavy (non-hydrogen) atoms. The number of aryl methyl sites for hydroxylation is 3. The molecular formula is C23H18Cl2N6. The van der Waals surface area contributed by atoms with Gasteiger partial charge in [0.2, 0.25) is 0 Å². The molecule has 0 spiro atoms. The van der Waals surface area contributed by atoms with Gasteiger partial charge < -0.3 is 9.97 Å². The Labute approximate surface area is 187 Å². The lowest BCUT2D eigenvalue weighted by molar-refractivity contribution is 0.500. The van der Waals surface area contributed by atoms with Crippen LogP contribution >= 0.6 is 23.2 Å². The number of hydrogen-bond donors (Lipinski definition) is 2. The number of aromatic amines is 2. The average molecular weight is 449 g/mol. The Morgan fingerprint density at radius 1 is 0.839 bits per heavy atom. The molecule has 6 rings (SSSR count). The van der Waals surface area contributed by atoms with Gasteiger partial charge in [0, 0.05) is 48.2 Å². The van der Waals surface area contributed by atoms with E-state index >= 15 is 0 Å². The third-order valence-electron chi connectivity index (χ3n) is 5.83. The minimum Gasteiger partial charge on any atom is -0.354 e. The van der Waals surface area contributed by atoms with E-state index in [1.165, 1.54) is 5.56 Å². The lowest BCUT2D eigenvalue weighted by Crippen LogP contribution is -2.04. The highest BCUT2D eigenvalue weighted by Gasteiger charge is 2.17. The number of rotatable bonds is 4. The highest BCUT2D eigenvalue weighted by atomic mass is 35.5. The van der Waals surface area contributed by atoms with Crippen LogP contribution in [0.15, 0.2) is 42.5 Å².